The van der Waals surface area contributed by atoms with Crippen LogP contribution in [0, 0.1) is 5.92 Å². The Kier molecular flexibility index (Phi) is 4.49. The first kappa shape index (κ1) is 15.1. The van der Waals surface area contributed by atoms with Gasteiger partial charge in [-0.2, -0.15) is 0 Å². The van der Waals surface area contributed by atoms with Crippen LogP contribution in [0.1, 0.15) is 42.1 Å². The van der Waals surface area contributed by atoms with E-state index < -0.39 is 6.10 Å². The predicted molar refractivity (Wildman–Crippen MR) is 81.4 cm³/mol. The number of nitrogens with zero attached hydrogens (tertiary/aromatic N) is 5. The van der Waals surface area contributed by atoms with Gasteiger partial charge in [-0.1, -0.05) is 5.21 Å². The molecule has 22 heavy (non-hydrogen) atoms. The highest BCUT2D eigenvalue weighted by molar-refractivity contribution is 7.07. The van der Waals surface area contributed by atoms with Crippen molar-refractivity contribution in [1.29, 1.82) is 0 Å². The van der Waals surface area contributed by atoms with Crippen molar-refractivity contribution < 1.29 is 9.90 Å². The van der Waals surface area contributed by atoms with E-state index in [1.807, 2.05) is 4.90 Å². The molecule has 0 bridgehead atoms. The first-order valence-electron chi connectivity index (χ1n) is 7.39. The first-order valence-corrected chi connectivity index (χ1v) is 8.33. The van der Waals surface area contributed by atoms with E-state index in [2.05, 4.69) is 15.3 Å². The lowest BCUT2D eigenvalue weighted by molar-refractivity contribution is 0.0676. The number of carbonyl (C=O) groups excluding carboxylic acids is 1. The second-order valence-electron chi connectivity index (χ2n) is 5.65. The van der Waals surface area contributed by atoms with E-state index >= 15 is 0 Å². The summed E-state index contributed by atoms with van der Waals surface area (Å²) in [5.74, 6) is 0.500. The Bertz CT molecular complexity index is 617. The Labute approximate surface area is 132 Å². The summed E-state index contributed by atoms with van der Waals surface area (Å²) in [5, 5.41) is 19.3. The van der Waals surface area contributed by atoms with Crippen LogP contribution in [0.2, 0.25) is 0 Å². The maximum absolute atomic E-state index is 12.2. The molecule has 1 amide bonds. The van der Waals surface area contributed by atoms with Gasteiger partial charge in [-0.25, -0.2) is 4.98 Å². The van der Waals surface area contributed by atoms with Crippen LogP contribution in [-0.2, 0) is 6.54 Å². The quantitative estimate of drug-likeness (QED) is 0.918. The number of amides is 1. The maximum Gasteiger partial charge on any atom is 0.273 e. The van der Waals surface area contributed by atoms with E-state index in [-0.39, 0.29) is 5.91 Å². The van der Waals surface area contributed by atoms with Crippen molar-refractivity contribution >= 4 is 17.2 Å². The lowest BCUT2D eigenvalue weighted by Gasteiger charge is -2.31. The maximum atomic E-state index is 12.2. The summed E-state index contributed by atoms with van der Waals surface area (Å²) >= 11 is 1.44. The van der Waals surface area contributed by atoms with E-state index in [1.54, 1.807) is 28.7 Å². The summed E-state index contributed by atoms with van der Waals surface area (Å²) in [5.41, 5.74) is 2.82. The molecule has 0 spiro atoms. The Balaban J connectivity index is 1.52. The smallest absolute Gasteiger partial charge is 0.273 e. The lowest BCUT2D eigenvalue weighted by atomic mass is 9.96. The number of hydrogen-bond donors (Lipinski definition) is 1. The number of aromatic nitrogens is 4. The third kappa shape index (κ3) is 3.33. The fourth-order valence-electron chi connectivity index (χ4n) is 2.66. The van der Waals surface area contributed by atoms with E-state index in [4.69, 9.17) is 0 Å². The fraction of sp³-hybridized carbons (Fsp3) is 0.571. The van der Waals surface area contributed by atoms with Gasteiger partial charge in [0.05, 0.1) is 17.8 Å². The molecule has 1 aliphatic heterocycles. The molecule has 1 atom stereocenters. The zero-order valence-electron chi connectivity index (χ0n) is 12.4. The van der Waals surface area contributed by atoms with Crippen molar-refractivity contribution in [2.75, 3.05) is 13.1 Å². The normalized spacial score (nSPS) is 17.6. The summed E-state index contributed by atoms with van der Waals surface area (Å²) in [7, 11) is 0. The molecular weight excluding hydrogens is 302 g/mol. The standard InChI is InChI=1S/C14H19N5O2S/c1-10(20)12-7-19(17-16-12)6-11-2-4-18(5-3-11)14(21)13-8-22-9-15-13/h7-11,20H,2-6H2,1H3/t10-/m0/s1. The minimum Gasteiger partial charge on any atom is -0.387 e. The molecule has 3 heterocycles. The summed E-state index contributed by atoms with van der Waals surface area (Å²) in [6.45, 7) is 3.95. The number of aliphatic hydroxyl groups excluding tert-OH is 1. The van der Waals surface area contributed by atoms with Crippen molar-refractivity contribution in [3.63, 3.8) is 0 Å². The number of rotatable bonds is 4. The van der Waals surface area contributed by atoms with Gasteiger partial charge in [-0.15, -0.1) is 16.4 Å². The zero-order chi connectivity index (χ0) is 15.5. The number of hydrogen-bond acceptors (Lipinski definition) is 6. The SMILES string of the molecule is C[C@H](O)c1cn(CC2CCN(C(=O)c3cscn3)CC2)nn1. The van der Waals surface area contributed by atoms with Crippen molar-refractivity contribution in [3.8, 4) is 0 Å². The summed E-state index contributed by atoms with van der Waals surface area (Å²) in [4.78, 5) is 18.2. The predicted octanol–water partition coefficient (Wildman–Crippen LogP) is 1.34. The van der Waals surface area contributed by atoms with Crippen LogP contribution < -0.4 is 0 Å². The Morgan fingerprint density at radius 1 is 1.50 bits per heavy atom. The topological polar surface area (TPSA) is 84.1 Å². The molecule has 1 fully saturated rings. The van der Waals surface area contributed by atoms with Crippen molar-refractivity contribution in [2.45, 2.75) is 32.4 Å². The molecular formula is C14H19N5O2S. The summed E-state index contributed by atoms with van der Waals surface area (Å²) in [6, 6.07) is 0. The number of aliphatic hydroxyl groups is 1. The zero-order valence-corrected chi connectivity index (χ0v) is 13.2. The second kappa shape index (κ2) is 6.53. The number of carbonyl (C=O) groups is 1. The van der Waals surface area contributed by atoms with Crippen LogP contribution in [0.25, 0.3) is 0 Å². The molecule has 3 rings (SSSR count). The van der Waals surface area contributed by atoms with Crippen LogP contribution in [-0.4, -0.2) is 49.0 Å². The average Bonchev–Trinajstić information content (AvgIpc) is 3.19. The first-order chi connectivity index (χ1) is 10.6. The Morgan fingerprint density at radius 3 is 2.86 bits per heavy atom. The molecule has 0 unspecified atom stereocenters. The number of likely N-dealkylation sites (tertiary alicyclic amines) is 1. The number of thiazole rings is 1. The van der Waals surface area contributed by atoms with Gasteiger partial charge >= 0.3 is 0 Å². The molecule has 1 N–H and O–H groups in total. The molecule has 2 aromatic rings. The van der Waals surface area contributed by atoms with Crippen LogP contribution in [0.3, 0.4) is 0 Å². The Hall–Kier alpha value is -1.80. The van der Waals surface area contributed by atoms with Gasteiger partial charge in [0.25, 0.3) is 5.91 Å². The van der Waals surface area contributed by atoms with Crippen LogP contribution in [0.5, 0.6) is 0 Å². The molecule has 0 radical (unpaired) electrons. The molecule has 8 heteroatoms. The third-order valence-electron chi connectivity index (χ3n) is 3.98. The summed E-state index contributed by atoms with van der Waals surface area (Å²) < 4.78 is 1.78. The number of piperidine rings is 1. The molecule has 118 valence electrons. The highest BCUT2D eigenvalue weighted by Crippen LogP contribution is 2.21. The molecule has 0 saturated carbocycles. The van der Waals surface area contributed by atoms with E-state index in [1.165, 1.54) is 11.3 Å². The van der Waals surface area contributed by atoms with Gasteiger partial charge < -0.3 is 10.0 Å². The largest absolute Gasteiger partial charge is 0.387 e. The molecule has 7 nitrogen and oxygen atoms in total. The van der Waals surface area contributed by atoms with Gasteiger partial charge in [0.15, 0.2) is 0 Å². The minimum atomic E-state index is -0.591. The van der Waals surface area contributed by atoms with E-state index in [0.717, 1.165) is 32.5 Å². The fourth-order valence-corrected chi connectivity index (χ4v) is 3.18. The van der Waals surface area contributed by atoms with E-state index in [0.29, 0.717) is 17.3 Å². The van der Waals surface area contributed by atoms with Crippen LogP contribution in [0.4, 0.5) is 0 Å². The van der Waals surface area contributed by atoms with Crippen LogP contribution in [0.15, 0.2) is 17.1 Å². The van der Waals surface area contributed by atoms with Crippen molar-refractivity contribution in [2.24, 2.45) is 5.92 Å². The minimum absolute atomic E-state index is 0.0249. The molecule has 1 aliphatic rings. The Morgan fingerprint density at radius 2 is 2.27 bits per heavy atom. The van der Waals surface area contributed by atoms with Gasteiger partial charge in [0, 0.05) is 25.0 Å². The van der Waals surface area contributed by atoms with Gasteiger partial charge in [-0.3, -0.25) is 9.48 Å². The van der Waals surface area contributed by atoms with Gasteiger partial charge in [0.2, 0.25) is 0 Å². The molecule has 0 aromatic carbocycles. The monoisotopic (exact) mass is 321 g/mol. The van der Waals surface area contributed by atoms with Crippen LogP contribution >= 0.6 is 11.3 Å². The molecule has 2 aromatic heterocycles. The van der Waals surface area contributed by atoms with Gasteiger partial charge in [0.1, 0.15) is 11.4 Å². The second-order valence-corrected chi connectivity index (χ2v) is 6.37. The van der Waals surface area contributed by atoms with Gasteiger partial charge in [-0.05, 0) is 25.7 Å². The van der Waals surface area contributed by atoms with Crippen molar-refractivity contribution in [1.82, 2.24) is 24.9 Å². The molecule has 1 saturated heterocycles. The van der Waals surface area contributed by atoms with Crippen molar-refractivity contribution in [3.05, 3.63) is 28.5 Å². The van der Waals surface area contributed by atoms with E-state index in [9.17, 15) is 9.90 Å². The average molecular weight is 321 g/mol. The summed E-state index contributed by atoms with van der Waals surface area (Å²) in [6.07, 6.45) is 3.09. The highest BCUT2D eigenvalue weighted by atomic mass is 32.1. The lowest BCUT2D eigenvalue weighted by Crippen LogP contribution is -2.39. The highest BCUT2D eigenvalue weighted by Gasteiger charge is 2.25. The third-order valence-corrected chi connectivity index (χ3v) is 4.57. The molecule has 0 aliphatic carbocycles.